The van der Waals surface area contributed by atoms with Gasteiger partial charge < -0.3 is 4.90 Å². The van der Waals surface area contributed by atoms with E-state index in [1.54, 1.807) is 0 Å². The first-order valence-electron chi connectivity index (χ1n) is 5.35. The molecule has 1 atom stereocenters. The summed E-state index contributed by atoms with van der Waals surface area (Å²) in [5.41, 5.74) is 0. The van der Waals surface area contributed by atoms with Gasteiger partial charge >= 0.3 is 6.18 Å². The highest BCUT2D eigenvalue weighted by molar-refractivity contribution is 9.10. The van der Waals surface area contributed by atoms with Crippen LogP contribution >= 0.6 is 15.9 Å². The second-order valence-corrected chi connectivity index (χ2v) is 5.12. The highest BCUT2D eigenvalue weighted by Gasteiger charge is 2.41. The molecule has 1 heterocycles. The molecule has 1 saturated heterocycles. The van der Waals surface area contributed by atoms with Crippen LogP contribution in [0.4, 0.5) is 13.2 Å². The van der Waals surface area contributed by atoms with E-state index >= 15 is 0 Å². The van der Waals surface area contributed by atoms with Crippen LogP contribution in [-0.2, 0) is 4.79 Å². The van der Waals surface area contributed by atoms with E-state index in [0.717, 1.165) is 0 Å². The molecule has 0 N–H and O–H groups in total. The van der Waals surface area contributed by atoms with Crippen molar-refractivity contribution >= 4 is 21.8 Å². The summed E-state index contributed by atoms with van der Waals surface area (Å²) < 4.78 is 37.1. The van der Waals surface area contributed by atoms with Crippen molar-refractivity contribution in [3.63, 3.8) is 0 Å². The van der Waals surface area contributed by atoms with E-state index in [4.69, 9.17) is 0 Å². The molecule has 0 saturated carbocycles. The van der Waals surface area contributed by atoms with Crippen molar-refractivity contribution in [2.45, 2.75) is 37.2 Å². The molecule has 0 spiro atoms. The zero-order chi connectivity index (χ0) is 12.3. The van der Waals surface area contributed by atoms with Crippen LogP contribution < -0.4 is 0 Å². The van der Waals surface area contributed by atoms with Gasteiger partial charge in [-0.1, -0.05) is 22.9 Å². The van der Waals surface area contributed by atoms with Crippen LogP contribution in [0.1, 0.15) is 26.2 Å². The first-order chi connectivity index (χ1) is 7.36. The normalized spacial score (nSPS) is 20.9. The second-order valence-electron chi connectivity index (χ2n) is 4.02. The van der Waals surface area contributed by atoms with Gasteiger partial charge in [0.25, 0.3) is 0 Å². The van der Waals surface area contributed by atoms with E-state index in [0.29, 0.717) is 6.42 Å². The Labute approximate surface area is 101 Å². The number of carbonyl (C=O) groups is 1. The van der Waals surface area contributed by atoms with E-state index in [1.165, 1.54) is 4.90 Å². The molecule has 0 aliphatic carbocycles. The minimum atomic E-state index is -4.12. The summed E-state index contributed by atoms with van der Waals surface area (Å²) in [7, 11) is 0. The number of nitrogens with zero attached hydrogens (tertiary/aromatic N) is 1. The molecule has 0 bridgehead atoms. The predicted octanol–water partition coefficient (Wildman–Crippen LogP) is 2.96. The van der Waals surface area contributed by atoms with Crippen molar-refractivity contribution < 1.29 is 18.0 Å². The molecule has 1 aliphatic rings. The maximum absolute atomic E-state index is 12.4. The molecular weight excluding hydrogens is 287 g/mol. The molecule has 1 unspecified atom stereocenters. The number of piperidine rings is 1. The monoisotopic (exact) mass is 301 g/mol. The van der Waals surface area contributed by atoms with Gasteiger partial charge in [-0.3, -0.25) is 4.79 Å². The van der Waals surface area contributed by atoms with Gasteiger partial charge in [0.05, 0.1) is 10.7 Å². The average molecular weight is 302 g/mol. The fourth-order valence-corrected chi connectivity index (χ4v) is 2.09. The Morgan fingerprint density at radius 3 is 2.31 bits per heavy atom. The maximum Gasteiger partial charge on any atom is 0.391 e. The summed E-state index contributed by atoms with van der Waals surface area (Å²) in [5, 5.41) is 0. The minimum Gasteiger partial charge on any atom is -0.342 e. The van der Waals surface area contributed by atoms with E-state index < -0.39 is 12.1 Å². The SMILES string of the molecule is CCC(Br)C(=O)N1CCC(C(F)(F)F)CC1. The van der Waals surface area contributed by atoms with Crippen molar-refractivity contribution in [1.82, 2.24) is 4.90 Å². The zero-order valence-electron chi connectivity index (χ0n) is 9.06. The molecular formula is C10H15BrF3NO. The van der Waals surface area contributed by atoms with Gasteiger partial charge in [0, 0.05) is 13.1 Å². The van der Waals surface area contributed by atoms with E-state index in [1.807, 2.05) is 6.92 Å². The van der Waals surface area contributed by atoms with E-state index in [2.05, 4.69) is 15.9 Å². The van der Waals surface area contributed by atoms with Crippen molar-refractivity contribution in [2.75, 3.05) is 13.1 Å². The number of alkyl halides is 4. The highest BCUT2D eigenvalue weighted by Crippen LogP contribution is 2.34. The zero-order valence-corrected chi connectivity index (χ0v) is 10.6. The number of halogens is 4. The molecule has 1 aliphatic heterocycles. The van der Waals surface area contributed by atoms with Gasteiger partial charge in [0.2, 0.25) is 5.91 Å². The molecule has 0 aromatic rings. The van der Waals surface area contributed by atoms with Crippen LogP contribution in [0, 0.1) is 5.92 Å². The molecule has 1 fully saturated rings. The maximum atomic E-state index is 12.4. The van der Waals surface area contributed by atoms with Gasteiger partial charge in [-0.25, -0.2) is 0 Å². The first-order valence-corrected chi connectivity index (χ1v) is 6.27. The second kappa shape index (κ2) is 5.38. The number of rotatable bonds is 2. The van der Waals surface area contributed by atoms with Gasteiger partial charge in [-0.2, -0.15) is 13.2 Å². The van der Waals surface area contributed by atoms with Crippen LogP contribution in [0.5, 0.6) is 0 Å². The van der Waals surface area contributed by atoms with Gasteiger partial charge in [-0.05, 0) is 19.3 Å². The molecule has 0 aromatic heterocycles. The lowest BCUT2D eigenvalue weighted by molar-refractivity contribution is -0.186. The molecule has 0 aromatic carbocycles. The Morgan fingerprint density at radius 2 is 1.94 bits per heavy atom. The van der Waals surface area contributed by atoms with Gasteiger partial charge in [-0.15, -0.1) is 0 Å². The molecule has 2 nitrogen and oxygen atoms in total. The fraction of sp³-hybridized carbons (Fsp3) is 0.900. The molecule has 6 heteroatoms. The number of hydrogen-bond donors (Lipinski definition) is 0. The smallest absolute Gasteiger partial charge is 0.342 e. The third-order valence-electron chi connectivity index (χ3n) is 2.90. The lowest BCUT2D eigenvalue weighted by atomic mass is 9.96. The molecule has 1 rings (SSSR count). The lowest BCUT2D eigenvalue weighted by Gasteiger charge is -2.33. The van der Waals surface area contributed by atoms with Crippen molar-refractivity contribution in [3.05, 3.63) is 0 Å². The quantitative estimate of drug-likeness (QED) is 0.718. The van der Waals surface area contributed by atoms with Crippen LogP contribution in [-0.4, -0.2) is 34.9 Å². The first kappa shape index (κ1) is 13.8. The topological polar surface area (TPSA) is 20.3 Å². The van der Waals surface area contributed by atoms with E-state index in [9.17, 15) is 18.0 Å². The highest BCUT2D eigenvalue weighted by atomic mass is 79.9. The summed E-state index contributed by atoms with van der Waals surface area (Å²) in [6, 6.07) is 0. The van der Waals surface area contributed by atoms with Crippen LogP contribution in [0.15, 0.2) is 0 Å². The van der Waals surface area contributed by atoms with Gasteiger partial charge in [0.15, 0.2) is 0 Å². The van der Waals surface area contributed by atoms with Crippen molar-refractivity contribution in [2.24, 2.45) is 5.92 Å². The van der Waals surface area contributed by atoms with Crippen LogP contribution in [0.25, 0.3) is 0 Å². The fourth-order valence-electron chi connectivity index (χ4n) is 1.80. The molecule has 16 heavy (non-hydrogen) atoms. The van der Waals surface area contributed by atoms with Crippen LogP contribution in [0.3, 0.4) is 0 Å². The summed E-state index contributed by atoms with van der Waals surface area (Å²) >= 11 is 3.22. The Hall–Kier alpha value is -0.260. The number of amides is 1. The largest absolute Gasteiger partial charge is 0.391 e. The third-order valence-corrected chi connectivity index (χ3v) is 3.94. The van der Waals surface area contributed by atoms with Crippen molar-refractivity contribution in [3.8, 4) is 0 Å². The summed E-state index contributed by atoms with van der Waals surface area (Å²) in [6.45, 7) is 2.29. The minimum absolute atomic E-state index is 0.0265. The van der Waals surface area contributed by atoms with Crippen LogP contribution in [0.2, 0.25) is 0 Å². The molecule has 0 radical (unpaired) electrons. The Bertz CT molecular complexity index is 249. The lowest BCUT2D eigenvalue weighted by Crippen LogP contribution is -2.44. The van der Waals surface area contributed by atoms with E-state index in [-0.39, 0.29) is 36.7 Å². The Morgan fingerprint density at radius 1 is 1.44 bits per heavy atom. The standard InChI is InChI=1S/C10H15BrF3NO/c1-2-8(11)9(16)15-5-3-7(4-6-15)10(12,13)14/h7-8H,2-6H2,1H3. The van der Waals surface area contributed by atoms with Gasteiger partial charge in [0.1, 0.15) is 0 Å². The Kier molecular flexibility index (Phi) is 4.64. The molecule has 1 amide bonds. The molecule has 94 valence electrons. The summed E-state index contributed by atoms with van der Waals surface area (Å²) in [5.74, 6) is -1.34. The number of carbonyl (C=O) groups excluding carboxylic acids is 1. The predicted molar refractivity (Wildman–Crippen MR) is 58.4 cm³/mol. The number of likely N-dealkylation sites (tertiary alicyclic amines) is 1. The average Bonchev–Trinajstić information content (AvgIpc) is 2.26. The Balaban J connectivity index is 2.46. The number of hydrogen-bond acceptors (Lipinski definition) is 1. The third kappa shape index (κ3) is 3.37. The summed E-state index contributed by atoms with van der Waals surface area (Å²) in [4.78, 5) is 12.9. The van der Waals surface area contributed by atoms with Crippen molar-refractivity contribution in [1.29, 1.82) is 0 Å². The summed E-state index contributed by atoms with van der Waals surface area (Å²) in [6.07, 6.45) is -3.41.